The molecule has 35 nitrogen and oxygen atoms in total. The van der Waals surface area contributed by atoms with Gasteiger partial charge >= 0.3 is 0 Å². The van der Waals surface area contributed by atoms with Gasteiger partial charge in [0.15, 0.2) is 0 Å². The number of aliphatic hydroxyl groups is 2. The third-order valence-corrected chi connectivity index (χ3v) is 31.2. The summed E-state index contributed by atoms with van der Waals surface area (Å²) >= 11 is 13.8. The summed E-state index contributed by atoms with van der Waals surface area (Å²) in [6.07, 6.45) is 8.54. The van der Waals surface area contributed by atoms with Gasteiger partial charge < -0.3 is 110 Å². The molecule has 0 saturated carbocycles. The van der Waals surface area contributed by atoms with Gasteiger partial charge in [0.1, 0.15) is 77.7 Å². The number of piperidine rings is 2. The number of thiol groups is 2. The summed E-state index contributed by atoms with van der Waals surface area (Å²) in [6, 6.07) is 21.2. The molecule has 3 aromatic heterocycles. The number of rotatable bonds is 51. The van der Waals surface area contributed by atoms with Crippen LogP contribution in [0.4, 0.5) is 0 Å². The number of amides is 12. The fourth-order valence-corrected chi connectivity index (χ4v) is 23.2. The van der Waals surface area contributed by atoms with Crippen molar-refractivity contribution >= 4 is 175 Å². The molecule has 4 aliphatic rings. The van der Waals surface area contributed by atoms with E-state index in [9.17, 15) is 54.3 Å². The number of aromatic hydroxyl groups is 3. The Labute approximate surface area is 857 Å². The highest BCUT2D eigenvalue weighted by molar-refractivity contribution is 14.1. The summed E-state index contributed by atoms with van der Waals surface area (Å²) in [7, 11) is 0. The summed E-state index contributed by atoms with van der Waals surface area (Å²) in [5, 5.41) is 86.4. The molecule has 13 rings (SSSR count). The molecule has 142 heavy (non-hydrogen) atoms. The van der Waals surface area contributed by atoms with E-state index in [4.69, 9.17) is 11.5 Å². The number of hydrogen-bond donors (Lipinski definition) is 23. The topological polar surface area (TPSA) is 544 Å². The second-order valence-electron chi connectivity index (χ2n) is 37.4. The number of phenolic OH excluding ortho intramolecular Hbond substituents is 3. The van der Waals surface area contributed by atoms with E-state index < -0.39 is 143 Å². The van der Waals surface area contributed by atoms with E-state index in [0.717, 1.165) is 75.7 Å². The number of halogens is 1. The highest BCUT2D eigenvalue weighted by atomic mass is 127. The molecule has 2 aliphatic carbocycles. The number of unbranched alkanes of at least 4 members (excludes halogenated alkanes) is 2. The second-order valence-corrected chi connectivity index (χ2v) is 41.9. The maximum absolute atomic E-state index is 15.6. The molecular weight excluding hydrogens is 2000 g/mol. The summed E-state index contributed by atoms with van der Waals surface area (Å²) in [4.78, 5) is 191. The molecule has 18 atom stereocenters. The van der Waals surface area contributed by atoms with Gasteiger partial charge in [-0.3, -0.25) is 67.3 Å². The summed E-state index contributed by atoms with van der Waals surface area (Å²) < 4.78 is 0.356. The van der Waals surface area contributed by atoms with E-state index in [1.54, 1.807) is 60.4 Å². The van der Waals surface area contributed by atoms with E-state index in [2.05, 4.69) is 171 Å². The maximum atomic E-state index is 15.6. The first-order valence-corrected chi connectivity index (χ1v) is 53.1. The Morgan fingerprint density at radius 2 is 0.880 bits per heavy atom. The van der Waals surface area contributed by atoms with Gasteiger partial charge in [-0.05, 0) is 232 Å². The van der Waals surface area contributed by atoms with Crippen LogP contribution < -0.4 is 70.0 Å². The van der Waals surface area contributed by atoms with E-state index in [1.165, 1.54) is 107 Å². The molecule has 0 spiro atoms. The SMILES string of the molecule is CCCN1C[C@@H](SCC(=O)NCCCC[C@H](NC(=O)CS[C@H]2C[C@@H]3c4cccc5[nH]cc(c45)C[C@H]3N(CCC)C2)C(=O)N[C@H](Cc2ccc(O)cc2)C(=O)N[C@H](Cc2ccc(O)cc2)C(=O)N[C@@H](CS)C(=O)N[C@@H](Cc2ccc(O)c(I)c2)C(=O)N[C@H](Cc2c[nH]c3ccccc23)C(=O)N[C@@H](CCCCN)C(=O)N[C@H](C(=O)N[C@@H](CS)C(=O)N[C@H](C(N)=O)[C@@H](C)O)[C@@H](C)O)C[C@@H]2c3cccc4[nH]cc(c34)C[C@H]21. The van der Waals surface area contributed by atoms with Gasteiger partial charge in [0.25, 0.3) is 0 Å². The van der Waals surface area contributed by atoms with Gasteiger partial charge in [-0.1, -0.05) is 86.6 Å². The number of nitrogens with zero attached hydrogens (tertiary/aromatic N) is 2. The number of carbonyl (C=O) groups excluding carboxylic acids is 12. The number of fused-ring (bicyclic) bond motifs is 5. The van der Waals surface area contributed by atoms with Crippen molar-refractivity contribution in [3.05, 3.63) is 194 Å². The van der Waals surface area contributed by atoms with Gasteiger partial charge in [0.2, 0.25) is 70.9 Å². The fourth-order valence-electron chi connectivity index (χ4n) is 19.9. The Hall–Kier alpha value is -11.1. The lowest BCUT2D eigenvalue weighted by Gasteiger charge is -2.47. The van der Waals surface area contributed by atoms with E-state index in [-0.39, 0.29) is 121 Å². The number of hydrogen-bond acceptors (Lipinski definition) is 24. The Kier molecular flexibility index (Phi) is 39.2. The zero-order chi connectivity index (χ0) is 102. The fraction of sp³-hybridized carbons (Fsp3) is 0.471. The van der Waals surface area contributed by atoms with Gasteiger partial charge in [0, 0.05) is 143 Å². The molecule has 6 aromatic carbocycles. The monoisotopic (exact) mass is 2130 g/mol. The first-order chi connectivity index (χ1) is 68.3. The third-order valence-electron chi connectivity index (χ3n) is 27.1. The molecule has 9 aromatic rings. The number of aromatic amines is 3. The van der Waals surface area contributed by atoms with Gasteiger partial charge in [-0.25, -0.2) is 0 Å². The second kappa shape index (κ2) is 51.4. The first-order valence-electron chi connectivity index (χ1n) is 48.6. The number of thioether (sulfide) groups is 2. The molecule has 23 N–H and O–H groups in total. The molecule has 12 amide bonds. The lowest BCUT2D eigenvalue weighted by Crippen LogP contribution is -2.62. The molecule has 0 unspecified atom stereocenters. The van der Waals surface area contributed by atoms with Crippen molar-refractivity contribution in [3.8, 4) is 17.2 Å². The van der Waals surface area contributed by atoms with Crippen LogP contribution in [0.2, 0.25) is 0 Å². The van der Waals surface area contributed by atoms with Gasteiger partial charge in [-0.15, -0.1) is 23.5 Å². The van der Waals surface area contributed by atoms with E-state index in [0.29, 0.717) is 67.9 Å². The van der Waals surface area contributed by atoms with Crippen molar-refractivity contribution < 1.29 is 83.1 Å². The highest BCUT2D eigenvalue weighted by Gasteiger charge is 2.45. The predicted molar refractivity (Wildman–Crippen MR) is 562 cm³/mol. The number of aromatic nitrogens is 3. The normalized spacial score (nSPS) is 19.1. The largest absolute Gasteiger partial charge is 0.508 e. The minimum Gasteiger partial charge on any atom is -0.508 e. The van der Waals surface area contributed by atoms with Crippen LogP contribution in [0.3, 0.4) is 0 Å². The summed E-state index contributed by atoms with van der Waals surface area (Å²) in [6.45, 7) is 10.6. The number of primary amides is 1. The van der Waals surface area contributed by atoms with Crippen molar-refractivity contribution in [1.82, 2.24) is 83.2 Å². The lowest BCUT2D eigenvalue weighted by atomic mass is 9.75. The van der Waals surface area contributed by atoms with Crippen LogP contribution in [0.25, 0.3) is 32.7 Å². The number of nitrogens with two attached hydrogens (primary N) is 2. The number of benzene rings is 6. The van der Waals surface area contributed by atoms with Crippen LogP contribution in [-0.4, -0.2) is 279 Å². The van der Waals surface area contributed by atoms with Crippen molar-refractivity contribution in [2.45, 2.75) is 237 Å². The maximum Gasteiger partial charge on any atom is 0.245 e. The van der Waals surface area contributed by atoms with Gasteiger partial charge in [-0.2, -0.15) is 25.3 Å². The average Bonchev–Trinajstić information content (AvgIpc) is 1.53. The number of aliphatic hydroxyl groups excluding tert-OH is 2. The van der Waals surface area contributed by atoms with Crippen molar-refractivity contribution in [2.75, 3.05) is 62.3 Å². The Bertz CT molecular complexity index is 5930. The molecule has 40 heteroatoms. The number of nitrogens with one attached hydrogen (secondary N) is 14. The zero-order valence-corrected chi connectivity index (χ0v) is 85.5. The minimum atomic E-state index is -1.80. The van der Waals surface area contributed by atoms with Crippen LogP contribution in [0.5, 0.6) is 17.2 Å². The number of carbonyl (C=O) groups is 12. The van der Waals surface area contributed by atoms with Crippen molar-refractivity contribution in [2.24, 2.45) is 11.5 Å². The number of para-hydroxylation sites is 1. The summed E-state index contributed by atoms with van der Waals surface area (Å²) in [5.41, 5.74) is 21.2. The Morgan fingerprint density at radius 1 is 0.465 bits per heavy atom. The van der Waals surface area contributed by atoms with Crippen LogP contribution in [0.1, 0.15) is 148 Å². The lowest BCUT2D eigenvalue weighted by molar-refractivity contribution is -0.137. The molecular formula is C102H131IN18O17S4. The quantitative estimate of drug-likeness (QED) is 0.0130. The van der Waals surface area contributed by atoms with E-state index >= 15 is 28.8 Å². The zero-order valence-electron chi connectivity index (χ0n) is 79.9. The minimum absolute atomic E-state index is 0.000756. The Morgan fingerprint density at radius 3 is 1.37 bits per heavy atom. The number of H-pyrrole nitrogens is 3. The molecule has 2 saturated heterocycles. The van der Waals surface area contributed by atoms with Crippen LogP contribution >= 0.6 is 71.4 Å². The molecule has 0 bridgehead atoms. The smallest absolute Gasteiger partial charge is 0.245 e. The highest BCUT2D eigenvalue weighted by Crippen LogP contribution is 2.48. The number of likely N-dealkylation sites (tertiary alicyclic amines) is 2. The van der Waals surface area contributed by atoms with Crippen molar-refractivity contribution in [1.29, 1.82) is 0 Å². The molecule has 5 heterocycles. The van der Waals surface area contributed by atoms with E-state index in [1.807, 2.05) is 22.6 Å². The van der Waals surface area contributed by atoms with Gasteiger partial charge in [0.05, 0.1) is 27.3 Å². The predicted octanol–water partition coefficient (Wildman–Crippen LogP) is 5.34. The average molecular weight is 2140 g/mol. The molecule has 762 valence electrons. The molecule has 2 fully saturated rings. The standard InChI is InChI=1S/C102H131IN18O17S4/c1-5-35-120-49-65(44-70-68-16-13-21-74-89(68)61(47-108-74)42-84(70)120)141-53-87(127)106-34-12-10-20-76(110-88(128)54-142-66-45-71-69-17-14-22-75-90(69)62(48-109-75)43-85(71)121(50-66)36-6-2)94(130)112-78(38-57-23-28-63(124)29-24-57)96(132)113-79(39-58-25-30-64(125)31-26-58)98(134)116-82(51-139)100(136)114-80(40-59-27-32-86(126)72(103)37-59)97(133)115-81(41-60-46-107-73-18-8-7-15-67(60)73)99(135)111-77(19-9-11-33-104)95(131)119-92(56(4)123)102(138)117-83(52-140)101(137)118-91(55(3)122)93(105)129/h7-8,13-18,21-32,37,46-48,55-56,65-66,70-71,76-85,91-92,107-109,122-126,139-140H,5-6,9-12,19-20,33-36,38-45,49-54,104H2,1-4H3,(H2,105,129)(H,106,127)(H,110,128)(H,111,135)(H,112,130)(H,113,132)(H,114,136)(H,115,133)(H,116,134)(H,117,138)(H,118,137)(H,119,131)/t55-,56-,65+,66+,70-,71-,76+,77+,78-,79-,80+,81-,82+,83+,84-,85-,91+,92+/m1/s1. The molecule has 0 radical (unpaired) electrons. The molecule has 2 aliphatic heterocycles. The Balaban J connectivity index is 0.727. The number of phenols is 3. The van der Waals surface area contributed by atoms with Crippen molar-refractivity contribution in [3.63, 3.8) is 0 Å². The third kappa shape index (κ3) is 28.3. The summed E-state index contributed by atoms with van der Waals surface area (Å²) in [5.74, 6) is -10.6. The first kappa shape index (κ1) is 108. The van der Waals surface area contributed by atoms with Crippen LogP contribution in [0, 0.1) is 3.57 Å². The van der Waals surface area contributed by atoms with Crippen LogP contribution in [0.15, 0.2) is 146 Å². The van der Waals surface area contributed by atoms with Crippen LogP contribution in [-0.2, 0) is 96.1 Å².